The maximum absolute atomic E-state index is 13.7. The number of aromatic nitrogens is 3. The lowest BCUT2D eigenvalue weighted by Crippen LogP contribution is -2.06. The molecule has 0 radical (unpaired) electrons. The predicted molar refractivity (Wildman–Crippen MR) is 84.8 cm³/mol. The quantitative estimate of drug-likeness (QED) is 0.677. The Morgan fingerprint density at radius 2 is 2.10 bits per heavy atom. The number of nitrogens with zero attached hydrogens (tertiary/aromatic N) is 3. The Hall–Kier alpha value is -1.46. The lowest BCUT2D eigenvalue weighted by molar-refractivity contribution is 0.620. The molecule has 2 aromatic heterocycles. The number of imidazole rings is 1. The largest absolute Gasteiger partial charge is 0.321 e. The fourth-order valence-electron chi connectivity index (χ4n) is 2.36. The topological polar surface area (TPSA) is 30.7 Å². The summed E-state index contributed by atoms with van der Waals surface area (Å²) in [7, 11) is 0. The van der Waals surface area contributed by atoms with Gasteiger partial charge in [-0.1, -0.05) is 0 Å². The molecule has 0 aliphatic rings. The van der Waals surface area contributed by atoms with Gasteiger partial charge in [0.2, 0.25) is 0 Å². The Balaban J connectivity index is 2.12. The number of hydrogen-bond donors (Lipinski definition) is 0. The minimum absolute atomic E-state index is 0.227. The van der Waals surface area contributed by atoms with Crippen LogP contribution in [-0.2, 0) is 13.0 Å². The summed E-state index contributed by atoms with van der Waals surface area (Å²) in [5, 5.41) is 3.05. The first-order valence-corrected chi connectivity index (χ1v) is 8.12. The molecule has 0 amide bonds. The molecule has 0 aliphatic heterocycles. The van der Waals surface area contributed by atoms with Gasteiger partial charge >= 0.3 is 0 Å². The summed E-state index contributed by atoms with van der Waals surface area (Å²) in [6.45, 7) is 4.39. The Morgan fingerprint density at radius 3 is 2.76 bits per heavy atom. The number of aryl methyl sites for hydroxylation is 3. The molecule has 0 spiro atoms. The molecule has 6 heteroatoms. The van der Waals surface area contributed by atoms with Crippen LogP contribution < -0.4 is 0 Å². The van der Waals surface area contributed by atoms with Gasteiger partial charge in [0.1, 0.15) is 16.6 Å². The van der Waals surface area contributed by atoms with Gasteiger partial charge in [-0.3, -0.25) is 0 Å². The van der Waals surface area contributed by atoms with Crippen molar-refractivity contribution in [2.45, 2.75) is 26.8 Å². The molecular formula is C15H15ClFN3S. The number of halogens is 2. The van der Waals surface area contributed by atoms with Crippen molar-refractivity contribution >= 4 is 34.0 Å². The van der Waals surface area contributed by atoms with Gasteiger partial charge in [-0.05, 0) is 25.5 Å². The molecule has 0 bridgehead atoms. The van der Waals surface area contributed by atoms with Crippen molar-refractivity contribution in [1.82, 2.24) is 14.5 Å². The fraction of sp³-hybridized carbons (Fsp3) is 0.333. The van der Waals surface area contributed by atoms with Gasteiger partial charge in [-0.15, -0.1) is 22.9 Å². The van der Waals surface area contributed by atoms with E-state index in [1.165, 1.54) is 6.07 Å². The first kappa shape index (κ1) is 14.5. The van der Waals surface area contributed by atoms with Crippen LogP contribution in [0.1, 0.15) is 22.1 Å². The predicted octanol–water partition coefficient (Wildman–Crippen LogP) is 4.08. The van der Waals surface area contributed by atoms with Crippen LogP contribution in [0.3, 0.4) is 0 Å². The monoisotopic (exact) mass is 323 g/mol. The molecule has 0 aliphatic carbocycles. The Bertz CT molecular complexity index is 794. The van der Waals surface area contributed by atoms with Crippen LogP contribution in [0.4, 0.5) is 4.39 Å². The zero-order chi connectivity index (χ0) is 15.0. The van der Waals surface area contributed by atoms with E-state index in [2.05, 4.69) is 14.5 Å². The molecule has 0 saturated heterocycles. The molecule has 3 nitrogen and oxygen atoms in total. The van der Waals surface area contributed by atoms with Gasteiger partial charge in [0.05, 0.1) is 17.6 Å². The maximum Gasteiger partial charge on any atom is 0.128 e. The standard InChI is InChI=1S/C15H15ClFN3S/c1-9-5-13-12(6-11(9)17)19-14(3-4-16)20(13)7-15-18-10(2)8-21-15/h5-6,8H,3-4,7H2,1-2H3. The van der Waals surface area contributed by atoms with E-state index < -0.39 is 0 Å². The van der Waals surface area contributed by atoms with E-state index in [0.717, 1.165) is 22.0 Å². The van der Waals surface area contributed by atoms with Gasteiger partial charge in [-0.25, -0.2) is 14.4 Å². The third-order valence-corrected chi connectivity index (χ3v) is 4.53. The van der Waals surface area contributed by atoms with Gasteiger partial charge in [0, 0.05) is 29.4 Å². The van der Waals surface area contributed by atoms with Crippen molar-refractivity contribution in [3.05, 3.63) is 45.4 Å². The number of fused-ring (bicyclic) bond motifs is 1. The molecule has 0 N–H and O–H groups in total. The molecule has 2 heterocycles. The first-order valence-electron chi connectivity index (χ1n) is 6.70. The van der Waals surface area contributed by atoms with Crippen molar-refractivity contribution in [2.75, 3.05) is 5.88 Å². The summed E-state index contributed by atoms with van der Waals surface area (Å²) >= 11 is 7.49. The second-order valence-electron chi connectivity index (χ2n) is 5.03. The molecular weight excluding hydrogens is 309 g/mol. The SMILES string of the molecule is Cc1csc(Cn2c(CCCl)nc3cc(F)c(C)cc32)n1. The normalized spacial score (nSPS) is 11.4. The molecule has 0 saturated carbocycles. The van der Waals surface area contributed by atoms with E-state index in [9.17, 15) is 4.39 Å². The zero-order valence-electron chi connectivity index (χ0n) is 11.9. The lowest BCUT2D eigenvalue weighted by atomic mass is 10.2. The second-order valence-corrected chi connectivity index (χ2v) is 6.35. The minimum Gasteiger partial charge on any atom is -0.321 e. The van der Waals surface area contributed by atoms with Crippen LogP contribution in [0.2, 0.25) is 0 Å². The fourth-order valence-corrected chi connectivity index (χ4v) is 3.29. The number of benzene rings is 1. The number of thiazole rings is 1. The minimum atomic E-state index is -0.227. The number of rotatable bonds is 4. The summed E-state index contributed by atoms with van der Waals surface area (Å²) in [5.74, 6) is 1.13. The summed E-state index contributed by atoms with van der Waals surface area (Å²) in [6, 6.07) is 3.34. The van der Waals surface area contributed by atoms with Crippen molar-refractivity contribution in [1.29, 1.82) is 0 Å². The highest BCUT2D eigenvalue weighted by Crippen LogP contribution is 2.23. The molecule has 110 valence electrons. The van der Waals surface area contributed by atoms with E-state index in [4.69, 9.17) is 11.6 Å². The summed E-state index contributed by atoms with van der Waals surface area (Å²) < 4.78 is 15.8. The van der Waals surface area contributed by atoms with Gasteiger partial charge in [0.15, 0.2) is 0 Å². The van der Waals surface area contributed by atoms with Crippen molar-refractivity contribution < 1.29 is 4.39 Å². The Kier molecular flexibility index (Phi) is 3.95. The summed E-state index contributed by atoms with van der Waals surface area (Å²) in [5.41, 5.74) is 3.24. The van der Waals surface area contributed by atoms with E-state index in [0.29, 0.717) is 29.9 Å². The molecule has 1 aromatic carbocycles. The zero-order valence-corrected chi connectivity index (χ0v) is 13.4. The van der Waals surface area contributed by atoms with E-state index in [-0.39, 0.29) is 5.82 Å². The third kappa shape index (κ3) is 2.80. The number of alkyl halides is 1. The Morgan fingerprint density at radius 1 is 1.29 bits per heavy atom. The smallest absolute Gasteiger partial charge is 0.128 e. The molecule has 3 aromatic rings. The van der Waals surface area contributed by atoms with Gasteiger partial charge < -0.3 is 4.57 Å². The lowest BCUT2D eigenvalue weighted by Gasteiger charge is -2.07. The van der Waals surface area contributed by atoms with Crippen LogP contribution in [0.15, 0.2) is 17.5 Å². The van der Waals surface area contributed by atoms with Crippen LogP contribution in [-0.4, -0.2) is 20.4 Å². The van der Waals surface area contributed by atoms with Gasteiger partial charge in [0.25, 0.3) is 0 Å². The van der Waals surface area contributed by atoms with Crippen LogP contribution in [0.25, 0.3) is 11.0 Å². The Labute approximate surface area is 131 Å². The average Bonchev–Trinajstić information content (AvgIpc) is 2.97. The molecule has 0 unspecified atom stereocenters. The second kappa shape index (κ2) is 5.73. The molecule has 21 heavy (non-hydrogen) atoms. The van der Waals surface area contributed by atoms with Gasteiger partial charge in [-0.2, -0.15) is 0 Å². The maximum atomic E-state index is 13.7. The van der Waals surface area contributed by atoms with E-state index >= 15 is 0 Å². The van der Waals surface area contributed by atoms with Crippen LogP contribution in [0.5, 0.6) is 0 Å². The average molecular weight is 324 g/mol. The molecule has 3 rings (SSSR count). The van der Waals surface area contributed by atoms with Crippen LogP contribution >= 0.6 is 22.9 Å². The summed E-state index contributed by atoms with van der Waals surface area (Å²) in [4.78, 5) is 9.02. The third-order valence-electron chi connectivity index (χ3n) is 3.39. The summed E-state index contributed by atoms with van der Waals surface area (Å²) in [6.07, 6.45) is 0.654. The van der Waals surface area contributed by atoms with E-state index in [1.54, 1.807) is 18.3 Å². The van der Waals surface area contributed by atoms with Crippen molar-refractivity contribution in [2.24, 2.45) is 0 Å². The van der Waals surface area contributed by atoms with E-state index in [1.807, 2.05) is 18.4 Å². The highest BCUT2D eigenvalue weighted by atomic mass is 35.5. The highest BCUT2D eigenvalue weighted by molar-refractivity contribution is 7.09. The highest BCUT2D eigenvalue weighted by Gasteiger charge is 2.14. The molecule has 0 fully saturated rings. The molecule has 0 atom stereocenters. The van der Waals surface area contributed by atoms with Crippen molar-refractivity contribution in [3.8, 4) is 0 Å². The number of hydrogen-bond acceptors (Lipinski definition) is 3. The van der Waals surface area contributed by atoms with Crippen molar-refractivity contribution in [3.63, 3.8) is 0 Å². The first-order chi connectivity index (χ1) is 10.1. The van der Waals surface area contributed by atoms with Crippen LogP contribution in [0, 0.1) is 19.7 Å².